The molecule has 3 saturated carbocycles. The topological polar surface area (TPSA) is 83.5 Å². The van der Waals surface area contributed by atoms with E-state index in [1.807, 2.05) is 25.7 Å². The maximum absolute atomic E-state index is 13.9. The lowest BCUT2D eigenvalue weighted by atomic mass is 9.35. The highest BCUT2D eigenvalue weighted by molar-refractivity contribution is 6.74. The molecule has 56 heavy (non-hydrogen) atoms. The van der Waals surface area contributed by atoms with Crippen LogP contribution in [0.4, 0.5) is 4.79 Å². The van der Waals surface area contributed by atoms with Crippen LogP contribution in [0.1, 0.15) is 155 Å². The molecule has 0 aromatic rings. The van der Waals surface area contributed by atoms with Gasteiger partial charge >= 0.3 is 12.1 Å². The van der Waals surface area contributed by atoms with Gasteiger partial charge in [-0.2, -0.15) is 0 Å². The summed E-state index contributed by atoms with van der Waals surface area (Å²) >= 11 is 0. The van der Waals surface area contributed by atoms with Gasteiger partial charge in [-0.1, -0.05) is 76.2 Å². The van der Waals surface area contributed by atoms with Crippen molar-refractivity contribution in [3.8, 4) is 0 Å². The van der Waals surface area contributed by atoms with E-state index in [2.05, 4.69) is 102 Å². The van der Waals surface area contributed by atoms with E-state index in [1.54, 1.807) is 0 Å². The molecule has 0 aromatic carbocycles. The number of rotatable bonds is 7. The Balaban J connectivity index is 1.42. The van der Waals surface area contributed by atoms with Gasteiger partial charge < -0.3 is 23.1 Å². The molecular formula is C46H83NO7Si2. The monoisotopic (exact) mass is 818 g/mol. The lowest BCUT2D eigenvalue weighted by Gasteiger charge is -2.72. The van der Waals surface area contributed by atoms with Crippen LogP contribution in [0, 0.1) is 45.8 Å². The van der Waals surface area contributed by atoms with Gasteiger partial charge in [0.1, 0.15) is 17.4 Å². The fraction of sp³-hybridized carbons (Fsp3) is 0.957. The second-order valence-corrected chi connectivity index (χ2v) is 34.4. The molecule has 0 aromatic heterocycles. The first-order chi connectivity index (χ1) is 25.3. The number of amides is 1. The summed E-state index contributed by atoms with van der Waals surface area (Å²) in [5.74, 6) is 1.94. The van der Waals surface area contributed by atoms with Crippen LogP contribution in [0.15, 0.2) is 0 Å². The van der Waals surface area contributed by atoms with Gasteiger partial charge in [0.15, 0.2) is 16.6 Å². The maximum Gasteiger partial charge on any atom is 0.412 e. The molecule has 322 valence electrons. The molecule has 13 atom stereocenters. The zero-order chi connectivity index (χ0) is 42.0. The van der Waals surface area contributed by atoms with E-state index < -0.39 is 28.0 Å². The van der Waals surface area contributed by atoms with Gasteiger partial charge in [0.25, 0.3) is 0 Å². The van der Waals surface area contributed by atoms with Gasteiger partial charge in [0.05, 0.1) is 19.1 Å². The lowest BCUT2D eigenvalue weighted by Crippen LogP contribution is -2.72. The number of carbonyl (C=O) groups excluding carboxylic acids is 2. The maximum atomic E-state index is 13.9. The zero-order valence-corrected chi connectivity index (χ0v) is 41.1. The Hall–Kier alpha value is -0.946. The largest absolute Gasteiger partial charge is 0.462 e. The van der Waals surface area contributed by atoms with Crippen molar-refractivity contribution in [3.05, 3.63) is 0 Å². The smallest absolute Gasteiger partial charge is 0.412 e. The zero-order valence-electron chi connectivity index (χ0n) is 39.1. The number of carbonyl (C=O) groups is 2. The molecule has 8 nitrogen and oxygen atoms in total. The Morgan fingerprint density at radius 1 is 0.804 bits per heavy atom. The summed E-state index contributed by atoms with van der Waals surface area (Å²) in [5.41, 5.74) is -2.16. The van der Waals surface area contributed by atoms with Crippen molar-refractivity contribution in [1.29, 1.82) is 0 Å². The van der Waals surface area contributed by atoms with Crippen LogP contribution in [-0.2, 0) is 27.9 Å². The standard InChI is InChI=1S/C46H83NO7Si2/c1-29-22-33-32(34(23-29)53-55(15,16)41(6,7)8)24-35(54-56(17,18)42(9,10)11)38-43(33,12)26-36-44(13,45(38,14)27-37(48)50-36)19-20-46-25-30(2)21-31(51-46)28-47(46)39(49)52-40(3,4)5/h29-36,38H,19-28H2,1-18H3/t29-,30+,31-,32+,33-,34-,35-,36-,38+,43+,44-,45+,46+/m1/s1. The number of esters is 1. The Morgan fingerprint density at radius 3 is 1.96 bits per heavy atom. The van der Waals surface area contributed by atoms with Gasteiger partial charge in [0.2, 0.25) is 0 Å². The fourth-order valence-electron chi connectivity index (χ4n) is 12.7. The van der Waals surface area contributed by atoms with E-state index in [1.165, 1.54) is 6.42 Å². The molecular weight excluding hydrogens is 735 g/mol. The summed E-state index contributed by atoms with van der Waals surface area (Å²) in [6.07, 6.45) is 7.40. The van der Waals surface area contributed by atoms with E-state index in [-0.39, 0.29) is 68.7 Å². The van der Waals surface area contributed by atoms with Crippen molar-refractivity contribution in [1.82, 2.24) is 4.90 Å². The predicted octanol–water partition coefficient (Wildman–Crippen LogP) is 11.7. The highest BCUT2D eigenvalue weighted by atomic mass is 28.4. The van der Waals surface area contributed by atoms with Crippen LogP contribution in [0.25, 0.3) is 0 Å². The van der Waals surface area contributed by atoms with Crippen molar-refractivity contribution in [3.63, 3.8) is 0 Å². The van der Waals surface area contributed by atoms with Crippen LogP contribution < -0.4 is 0 Å². The summed E-state index contributed by atoms with van der Waals surface area (Å²) < 4.78 is 34.8. The van der Waals surface area contributed by atoms with Crippen LogP contribution in [-0.4, -0.2) is 75.9 Å². The second-order valence-electron chi connectivity index (χ2n) is 24.9. The lowest BCUT2D eigenvalue weighted by molar-refractivity contribution is -0.287. The van der Waals surface area contributed by atoms with Gasteiger partial charge in [-0.3, -0.25) is 9.69 Å². The predicted molar refractivity (Wildman–Crippen MR) is 229 cm³/mol. The average molecular weight is 818 g/mol. The first-order valence-corrected chi connectivity index (χ1v) is 28.3. The summed E-state index contributed by atoms with van der Waals surface area (Å²) in [7, 11) is -4.29. The van der Waals surface area contributed by atoms with E-state index in [0.29, 0.717) is 43.1 Å². The SMILES string of the molecule is C[C@@H]1C[C@@H]2[C@H](C[C@@H](O[Si](C)(C)C(C)(C)C)[C@H]3[C@@]2(C)C[C@H]2OC(=O)C[C@]3(C)[C@]2(C)CC[C@]23C[C@@H](C)C[C@H](CN2C(=O)OC(C)(C)C)O3)[C@H](O[Si](C)(C)C(C)(C)C)C1. The number of nitrogens with zero attached hydrogens (tertiary/aromatic N) is 1. The molecule has 3 saturated heterocycles. The van der Waals surface area contributed by atoms with Crippen LogP contribution in [0.5, 0.6) is 0 Å². The average Bonchev–Trinajstić information content (AvgIpc) is 3.26. The summed E-state index contributed by atoms with van der Waals surface area (Å²) in [5, 5.41) is 0.175. The number of ether oxygens (including phenoxy) is 3. The Morgan fingerprint density at radius 2 is 1.39 bits per heavy atom. The van der Waals surface area contributed by atoms with E-state index in [9.17, 15) is 9.59 Å². The normalized spacial score (nSPS) is 43.1. The molecule has 0 unspecified atom stereocenters. The van der Waals surface area contributed by atoms with Crippen molar-refractivity contribution in [2.45, 2.75) is 227 Å². The van der Waals surface area contributed by atoms with Gasteiger partial charge in [0, 0.05) is 17.6 Å². The highest BCUT2D eigenvalue weighted by Gasteiger charge is 2.73. The summed E-state index contributed by atoms with van der Waals surface area (Å²) in [4.78, 5) is 29.7. The Labute approximate surface area is 344 Å². The third-order valence-corrected chi connectivity index (χ3v) is 26.6. The van der Waals surface area contributed by atoms with Crippen molar-refractivity contribution in [2.24, 2.45) is 45.8 Å². The Kier molecular flexibility index (Phi) is 11.2. The van der Waals surface area contributed by atoms with Crippen molar-refractivity contribution >= 4 is 28.7 Å². The second kappa shape index (κ2) is 14.1. The molecule has 3 heterocycles. The fourth-order valence-corrected chi connectivity index (χ4v) is 15.4. The summed E-state index contributed by atoms with van der Waals surface area (Å²) in [6.45, 7) is 42.3. The number of hydrogen-bond donors (Lipinski definition) is 0. The van der Waals surface area contributed by atoms with E-state index in [4.69, 9.17) is 23.1 Å². The van der Waals surface area contributed by atoms with Crippen molar-refractivity contribution < 1.29 is 32.7 Å². The first kappa shape index (κ1) is 44.6. The molecule has 6 aliphatic rings. The van der Waals surface area contributed by atoms with Crippen LogP contribution >= 0.6 is 0 Å². The molecule has 1 amide bonds. The Bertz CT molecular complexity index is 1510. The molecule has 6 rings (SSSR count). The molecule has 3 aliphatic heterocycles. The third kappa shape index (κ3) is 7.54. The minimum atomic E-state index is -2.24. The highest BCUT2D eigenvalue weighted by Crippen LogP contribution is 2.73. The minimum absolute atomic E-state index is 0.00839. The minimum Gasteiger partial charge on any atom is -0.462 e. The molecule has 6 fully saturated rings. The number of likely N-dealkylation sites (tertiary alicyclic amines) is 1. The summed E-state index contributed by atoms with van der Waals surface area (Å²) in [6, 6.07) is 0. The van der Waals surface area contributed by atoms with Gasteiger partial charge in [-0.05, 0) is 149 Å². The van der Waals surface area contributed by atoms with E-state index >= 15 is 0 Å². The quantitative estimate of drug-likeness (QED) is 0.187. The molecule has 4 bridgehead atoms. The molecule has 0 N–H and O–H groups in total. The molecule has 0 radical (unpaired) electrons. The molecule has 0 spiro atoms. The van der Waals surface area contributed by atoms with Crippen LogP contribution in [0.3, 0.4) is 0 Å². The number of fused-ring (bicyclic) bond motifs is 8. The first-order valence-electron chi connectivity index (χ1n) is 22.5. The van der Waals surface area contributed by atoms with Gasteiger partial charge in [-0.15, -0.1) is 0 Å². The van der Waals surface area contributed by atoms with Gasteiger partial charge in [-0.25, -0.2) is 4.79 Å². The third-order valence-electron chi connectivity index (χ3n) is 17.6. The van der Waals surface area contributed by atoms with Crippen LogP contribution in [0.2, 0.25) is 36.3 Å². The van der Waals surface area contributed by atoms with E-state index in [0.717, 1.165) is 38.5 Å². The molecule has 3 aliphatic carbocycles. The van der Waals surface area contributed by atoms with Crippen molar-refractivity contribution in [2.75, 3.05) is 6.54 Å². The molecule has 10 heteroatoms. The number of hydrogen-bond acceptors (Lipinski definition) is 7.